The van der Waals surface area contributed by atoms with Gasteiger partial charge < -0.3 is 5.73 Å². The molecule has 1 aliphatic carbocycles. The van der Waals surface area contributed by atoms with Gasteiger partial charge in [-0.1, -0.05) is 38.1 Å². The second-order valence-corrected chi connectivity index (χ2v) is 6.27. The first-order chi connectivity index (χ1) is 9.06. The summed E-state index contributed by atoms with van der Waals surface area (Å²) in [6.07, 6.45) is 4.96. The van der Waals surface area contributed by atoms with Crippen LogP contribution in [0.15, 0.2) is 24.3 Å². The van der Waals surface area contributed by atoms with Gasteiger partial charge in [-0.2, -0.15) is 0 Å². The topological polar surface area (TPSA) is 43.1 Å². The molecule has 1 aromatic carbocycles. The van der Waals surface area contributed by atoms with E-state index in [9.17, 15) is 4.79 Å². The maximum atomic E-state index is 12.4. The van der Waals surface area contributed by atoms with Crippen LogP contribution in [0, 0.1) is 11.8 Å². The molecule has 1 saturated carbocycles. The van der Waals surface area contributed by atoms with Crippen LogP contribution in [0.4, 0.5) is 0 Å². The largest absolute Gasteiger partial charge is 0.328 e. The van der Waals surface area contributed by atoms with Crippen molar-refractivity contribution in [3.8, 4) is 0 Å². The summed E-state index contributed by atoms with van der Waals surface area (Å²) in [5.74, 6) is 1.15. The summed E-state index contributed by atoms with van der Waals surface area (Å²) in [6.45, 7) is 4.43. The van der Waals surface area contributed by atoms with Gasteiger partial charge in [0.25, 0.3) is 0 Å². The van der Waals surface area contributed by atoms with Crippen LogP contribution in [-0.4, -0.2) is 11.8 Å². The molecule has 0 aliphatic heterocycles. The Morgan fingerprint density at radius 1 is 1.16 bits per heavy atom. The minimum Gasteiger partial charge on any atom is -0.328 e. The van der Waals surface area contributed by atoms with Gasteiger partial charge in [0, 0.05) is 17.5 Å². The Labute approximate surface area is 116 Å². The highest BCUT2D eigenvalue weighted by atomic mass is 16.1. The second-order valence-electron chi connectivity index (χ2n) is 6.27. The minimum atomic E-state index is 0.191. The molecule has 0 aromatic heterocycles. The molecule has 0 spiro atoms. The number of hydrogen-bond acceptors (Lipinski definition) is 2. The highest BCUT2D eigenvalue weighted by Crippen LogP contribution is 2.26. The van der Waals surface area contributed by atoms with Gasteiger partial charge >= 0.3 is 0 Å². The van der Waals surface area contributed by atoms with Gasteiger partial charge in [0.05, 0.1) is 0 Å². The lowest BCUT2D eigenvalue weighted by atomic mass is 9.82. The number of nitrogens with two attached hydrogens (primary N) is 1. The quantitative estimate of drug-likeness (QED) is 0.840. The van der Waals surface area contributed by atoms with E-state index in [1.54, 1.807) is 0 Å². The van der Waals surface area contributed by atoms with Crippen LogP contribution >= 0.6 is 0 Å². The van der Waals surface area contributed by atoms with Gasteiger partial charge in [0.15, 0.2) is 5.78 Å². The van der Waals surface area contributed by atoms with Crippen molar-refractivity contribution < 1.29 is 4.79 Å². The van der Waals surface area contributed by atoms with E-state index in [2.05, 4.69) is 26.0 Å². The molecule has 0 bridgehead atoms. The van der Waals surface area contributed by atoms with Gasteiger partial charge in [0.2, 0.25) is 0 Å². The molecule has 19 heavy (non-hydrogen) atoms. The number of carbonyl (C=O) groups excluding carboxylic acids is 1. The Morgan fingerprint density at radius 2 is 1.74 bits per heavy atom. The molecule has 0 atom stereocenters. The lowest BCUT2D eigenvalue weighted by molar-refractivity contribution is 0.0884. The number of hydrogen-bond donors (Lipinski definition) is 1. The van der Waals surface area contributed by atoms with E-state index in [4.69, 9.17) is 5.73 Å². The summed E-state index contributed by atoms with van der Waals surface area (Å²) >= 11 is 0. The summed E-state index contributed by atoms with van der Waals surface area (Å²) in [6, 6.07) is 8.49. The van der Waals surface area contributed by atoms with Crippen molar-refractivity contribution in [3.63, 3.8) is 0 Å². The van der Waals surface area contributed by atoms with Gasteiger partial charge in [-0.05, 0) is 43.6 Å². The Balaban J connectivity index is 1.99. The molecule has 1 aromatic rings. The zero-order chi connectivity index (χ0) is 13.8. The fourth-order valence-electron chi connectivity index (χ4n) is 2.89. The summed E-state index contributed by atoms with van der Waals surface area (Å²) in [5, 5.41) is 0. The van der Waals surface area contributed by atoms with Crippen molar-refractivity contribution >= 4 is 5.78 Å². The number of ketones is 1. The summed E-state index contributed by atoms with van der Waals surface area (Å²) in [7, 11) is 0. The van der Waals surface area contributed by atoms with Crippen LogP contribution in [0.2, 0.25) is 0 Å². The average Bonchev–Trinajstić information content (AvgIpc) is 2.39. The van der Waals surface area contributed by atoms with Crippen molar-refractivity contribution in [2.24, 2.45) is 17.6 Å². The monoisotopic (exact) mass is 259 g/mol. The number of Topliss-reactive ketones (excluding diaryl/α,β-unsaturated/α-hetero) is 1. The Kier molecular flexibility index (Phi) is 4.76. The van der Waals surface area contributed by atoms with Gasteiger partial charge in [-0.15, -0.1) is 0 Å². The molecule has 1 fully saturated rings. The molecule has 104 valence electrons. The number of benzene rings is 1. The molecule has 0 radical (unpaired) electrons. The smallest absolute Gasteiger partial charge is 0.165 e. The highest BCUT2D eigenvalue weighted by Gasteiger charge is 2.25. The van der Waals surface area contributed by atoms with Crippen LogP contribution in [0.25, 0.3) is 0 Å². The van der Waals surface area contributed by atoms with Crippen LogP contribution in [0.1, 0.15) is 55.5 Å². The first-order valence-electron chi connectivity index (χ1n) is 7.45. The molecule has 0 saturated heterocycles. The third kappa shape index (κ3) is 3.90. The molecule has 1 aliphatic rings. The van der Waals surface area contributed by atoms with Gasteiger partial charge in [-0.25, -0.2) is 0 Å². The third-order valence-corrected chi connectivity index (χ3v) is 4.03. The molecule has 0 amide bonds. The molecule has 2 N–H and O–H groups in total. The number of carbonyl (C=O) groups is 1. The molecule has 2 rings (SSSR count). The Morgan fingerprint density at radius 3 is 2.26 bits per heavy atom. The van der Waals surface area contributed by atoms with E-state index in [1.165, 1.54) is 5.56 Å². The maximum Gasteiger partial charge on any atom is 0.165 e. The normalized spacial score (nSPS) is 23.6. The van der Waals surface area contributed by atoms with E-state index in [0.717, 1.165) is 37.7 Å². The van der Waals surface area contributed by atoms with Crippen molar-refractivity contribution in [2.45, 2.75) is 52.0 Å². The lowest BCUT2D eigenvalue weighted by Crippen LogP contribution is -2.29. The molecule has 2 heteroatoms. The average molecular weight is 259 g/mol. The molecule has 0 unspecified atom stereocenters. The fourth-order valence-corrected chi connectivity index (χ4v) is 2.89. The fraction of sp³-hybridized carbons (Fsp3) is 0.588. The predicted molar refractivity (Wildman–Crippen MR) is 79.2 cm³/mol. The van der Waals surface area contributed by atoms with Crippen LogP contribution in [-0.2, 0) is 6.42 Å². The van der Waals surface area contributed by atoms with Gasteiger partial charge in [-0.3, -0.25) is 4.79 Å². The van der Waals surface area contributed by atoms with E-state index in [0.29, 0.717) is 17.7 Å². The molecular formula is C17H25NO. The van der Waals surface area contributed by atoms with Crippen LogP contribution in [0.5, 0.6) is 0 Å². The van der Waals surface area contributed by atoms with E-state index in [1.807, 2.05) is 12.1 Å². The van der Waals surface area contributed by atoms with E-state index < -0.39 is 0 Å². The van der Waals surface area contributed by atoms with E-state index >= 15 is 0 Å². The van der Waals surface area contributed by atoms with Crippen molar-refractivity contribution in [2.75, 3.05) is 0 Å². The van der Waals surface area contributed by atoms with Crippen LogP contribution in [0.3, 0.4) is 0 Å². The first kappa shape index (κ1) is 14.3. The number of rotatable bonds is 4. The predicted octanol–water partition coefficient (Wildman–Crippen LogP) is 3.59. The minimum absolute atomic E-state index is 0.191. The van der Waals surface area contributed by atoms with Crippen LogP contribution < -0.4 is 5.73 Å². The Bertz CT molecular complexity index is 413. The molecule has 2 nitrogen and oxygen atoms in total. The first-order valence-corrected chi connectivity index (χ1v) is 7.45. The summed E-state index contributed by atoms with van der Waals surface area (Å²) in [5.41, 5.74) is 8.08. The van der Waals surface area contributed by atoms with Gasteiger partial charge in [0.1, 0.15) is 0 Å². The zero-order valence-electron chi connectivity index (χ0n) is 12.1. The van der Waals surface area contributed by atoms with Crippen molar-refractivity contribution in [3.05, 3.63) is 35.4 Å². The van der Waals surface area contributed by atoms with Crippen molar-refractivity contribution in [1.82, 2.24) is 0 Å². The SMILES string of the molecule is CC(C)Cc1ccc(C(=O)C2CCC(N)CC2)cc1. The van der Waals surface area contributed by atoms with E-state index in [-0.39, 0.29) is 5.92 Å². The standard InChI is InChI=1S/C17H25NO/c1-12(2)11-13-3-5-14(6-4-13)17(19)15-7-9-16(18)10-8-15/h3-6,12,15-16H,7-11,18H2,1-2H3. The zero-order valence-corrected chi connectivity index (χ0v) is 12.1. The third-order valence-electron chi connectivity index (χ3n) is 4.03. The second kappa shape index (κ2) is 6.33. The summed E-state index contributed by atoms with van der Waals surface area (Å²) < 4.78 is 0. The lowest BCUT2D eigenvalue weighted by Gasteiger charge is -2.25. The molecular weight excluding hydrogens is 234 g/mol. The summed E-state index contributed by atoms with van der Waals surface area (Å²) in [4.78, 5) is 12.4. The maximum absolute atomic E-state index is 12.4. The highest BCUT2D eigenvalue weighted by molar-refractivity contribution is 5.97. The Hall–Kier alpha value is -1.15. The molecule has 0 heterocycles. The van der Waals surface area contributed by atoms with Crippen molar-refractivity contribution in [1.29, 1.82) is 0 Å².